The first-order valence-corrected chi connectivity index (χ1v) is 8.19. The topological polar surface area (TPSA) is 93.0 Å². The number of aryl methyl sites for hydroxylation is 1. The molecule has 3 aromatic rings. The number of pyridine rings is 1. The third kappa shape index (κ3) is 3.67. The summed E-state index contributed by atoms with van der Waals surface area (Å²) in [7, 11) is 2.85. The molecule has 138 valence electrons. The molecule has 0 fully saturated rings. The Balaban J connectivity index is 1.92. The van der Waals surface area contributed by atoms with E-state index in [1.807, 2.05) is 37.3 Å². The molecule has 1 heterocycles. The summed E-state index contributed by atoms with van der Waals surface area (Å²) < 4.78 is 10.3. The van der Waals surface area contributed by atoms with E-state index in [9.17, 15) is 9.90 Å². The van der Waals surface area contributed by atoms with E-state index in [1.54, 1.807) is 12.1 Å². The van der Waals surface area contributed by atoms with E-state index in [0.29, 0.717) is 17.1 Å². The molecule has 0 bridgehead atoms. The predicted molar refractivity (Wildman–Crippen MR) is 104 cm³/mol. The third-order valence-corrected chi connectivity index (χ3v) is 4.10. The highest BCUT2D eigenvalue weighted by molar-refractivity contribution is 6.02. The summed E-state index contributed by atoms with van der Waals surface area (Å²) >= 11 is 0. The van der Waals surface area contributed by atoms with Gasteiger partial charge in [0.1, 0.15) is 11.4 Å². The van der Waals surface area contributed by atoms with Crippen molar-refractivity contribution in [2.75, 3.05) is 19.6 Å². The SMILES string of the molecule is COc1ccc(/C=N\Nc2cc(C)c3ccccc3n2)c(C(=O)O)c1OC. The van der Waals surface area contributed by atoms with E-state index in [0.717, 1.165) is 16.5 Å². The van der Waals surface area contributed by atoms with Crippen LogP contribution in [0.3, 0.4) is 0 Å². The van der Waals surface area contributed by atoms with E-state index in [1.165, 1.54) is 20.4 Å². The molecule has 3 rings (SSSR count). The van der Waals surface area contributed by atoms with Gasteiger partial charge >= 0.3 is 5.97 Å². The number of aromatic nitrogens is 1. The standard InChI is InChI=1S/C20H19N3O4/c1-12-10-17(22-15-7-5-4-6-14(12)15)23-21-11-13-8-9-16(26-2)19(27-3)18(13)20(24)25/h4-11H,1-3H3,(H,22,23)(H,24,25)/b21-11-. The van der Waals surface area contributed by atoms with Crippen LogP contribution in [-0.2, 0) is 0 Å². The highest BCUT2D eigenvalue weighted by Crippen LogP contribution is 2.33. The number of para-hydroxylation sites is 1. The summed E-state index contributed by atoms with van der Waals surface area (Å²) in [4.78, 5) is 16.2. The van der Waals surface area contributed by atoms with Gasteiger partial charge in [0.2, 0.25) is 0 Å². The fraction of sp³-hybridized carbons (Fsp3) is 0.150. The number of benzene rings is 2. The minimum absolute atomic E-state index is 0.0231. The zero-order valence-corrected chi connectivity index (χ0v) is 15.2. The highest BCUT2D eigenvalue weighted by atomic mass is 16.5. The van der Waals surface area contributed by atoms with Gasteiger partial charge in [-0.15, -0.1) is 0 Å². The number of methoxy groups -OCH3 is 2. The van der Waals surface area contributed by atoms with Gasteiger partial charge in [-0.2, -0.15) is 5.10 Å². The zero-order valence-electron chi connectivity index (χ0n) is 15.2. The first-order chi connectivity index (χ1) is 13.0. The number of carbonyl (C=O) groups is 1. The van der Waals surface area contributed by atoms with Crippen molar-refractivity contribution in [3.05, 3.63) is 59.2 Å². The maximum Gasteiger partial charge on any atom is 0.340 e. The van der Waals surface area contributed by atoms with Crippen molar-refractivity contribution in [1.29, 1.82) is 0 Å². The number of carboxylic acid groups (broad SMARTS) is 1. The van der Waals surface area contributed by atoms with Gasteiger partial charge in [-0.25, -0.2) is 9.78 Å². The molecule has 1 aromatic heterocycles. The Morgan fingerprint density at radius 2 is 1.96 bits per heavy atom. The first kappa shape index (κ1) is 18.2. The average Bonchev–Trinajstić information content (AvgIpc) is 2.67. The van der Waals surface area contributed by atoms with Crippen LogP contribution in [0, 0.1) is 6.92 Å². The van der Waals surface area contributed by atoms with Crippen molar-refractivity contribution in [2.45, 2.75) is 6.92 Å². The number of fused-ring (bicyclic) bond motifs is 1. The summed E-state index contributed by atoms with van der Waals surface area (Å²) in [6.45, 7) is 2.00. The zero-order chi connectivity index (χ0) is 19.4. The first-order valence-electron chi connectivity index (χ1n) is 8.19. The summed E-state index contributed by atoms with van der Waals surface area (Å²) in [6, 6.07) is 12.9. The van der Waals surface area contributed by atoms with Crippen molar-refractivity contribution >= 4 is 28.9 Å². The van der Waals surface area contributed by atoms with Gasteiger partial charge in [0.15, 0.2) is 11.5 Å². The summed E-state index contributed by atoms with van der Waals surface area (Å²) in [5, 5.41) is 14.7. The van der Waals surface area contributed by atoms with E-state index in [2.05, 4.69) is 15.5 Å². The van der Waals surface area contributed by atoms with Crippen LogP contribution in [-0.4, -0.2) is 36.5 Å². The number of rotatable bonds is 6. The van der Waals surface area contributed by atoms with Crippen LogP contribution >= 0.6 is 0 Å². The second-order valence-electron chi connectivity index (χ2n) is 5.78. The Bertz CT molecular complexity index is 1030. The van der Waals surface area contributed by atoms with E-state index < -0.39 is 5.97 Å². The molecule has 0 aliphatic heterocycles. The fourth-order valence-corrected chi connectivity index (χ4v) is 2.85. The van der Waals surface area contributed by atoms with Crippen LogP contribution in [0.5, 0.6) is 11.5 Å². The van der Waals surface area contributed by atoms with Crippen molar-refractivity contribution in [3.8, 4) is 11.5 Å². The fourth-order valence-electron chi connectivity index (χ4n) is 2.85. The minimum Gasteiger partial charge on any atom is -0.493 e. The molecule has 0 radical (unpaired) electrons. The Morgan fingerprint density at radius 1 is 1.19 bits per heavy atom. The maximum absolute atomic E-state index is 11.7. The molecule has 7 heteroatoms. The number of carboxylic acids is 1. The number of aromatic carboxylic acids is 1. The molecule has 7 nitrogen and oxygen atoms in total. The Labute approximate surface area is 156 Å². The van der Waals surface area contributed by atoms with Crippen LogP contribution in [0.25, 0.3) is 10.9 Å². The number of ether oxygens (including phenoxy) is 2. The van der Waals surface area contributed by atoms with Gasteiger partial charge in [0, 0.05) is 10.9 Å². The number of hydrogen-bond donors (Lipinski definition) is 2. The number of hydrogen-bond acceptors (Lipinski definition) is 6. The highest BCUT2D eigenvalue weighted by Gasteiger charge is 2.20. The van der Waals surface area contributed by atoms with E-state index in [-0.39, 0.29) is 11.3 Å². The molecule has 0 aliphatic carbocycles. The second-order valence-corrected chi connectivity index (χ2v) is 5.78. The molecule has 0 spiro atoms. The molecule has 0 amide bonds. The van der Waals surface area contributed by atoms with Gasteiger partial charge in [-0.1, -0.05) is 18.2 Å². The summed E-state index contributed by atoms with van der Waals surface area (Å²) in [5.74, 6) is -0.0767. The normalized spacial score (nSPS) is 10.9. The lowest BCUT2D eigenvalue weighted by molar-refractivity contribution is 0.0692. The van der Waals surface area contributed by atoms with Crippen molar-refractivity contribution < 1.29 is 19.4 Å². The lowest BCUT2D eigenvalue weighted by Crippen LogP contribution is -2.07. The summed E-state index contributed by atoms with van der Waals surface area (Å²) in [5.41, 5.74) is 5.13. The van der Waals surface area contributed by atoms with Crippen LogP contribution in [0.4, 0.5) is 5.82 Å². The quantitative estimate of drug-likeness (QED) is 0.511. The van der Waals surface area contributed by atoms with Crippen LogP contribution in [0.15, 0.2) is 47.6 Å². The van der Waals surface area contributed by atoms with Crippen molar-refractivity contribution in [2.24, 2.45) is 5.10 Å². The monoisotopic (exact) mass is 365 g/mol. The maximum atomic E-state index is 11.7. The van der Waals surface area contributed by atoms with Gasteiger partial charge in [0.25, 0.3) is 0 Å². The minimum atomic E-state index is -1.13. The molecule has 0 atom stereocenters. The average molecular weight is 365 g/mol. The number of anilines is 1. The molecule has 2 aromatic carbocycles. The Kier molecular flexibility index (Phi) is 5.21. The van der Waals surface area contributed by atoms with Crippen molar-refractivity contribution in [1.82, 2.24) is 4.98 Å². The molecule has 0 saturated carbocycles. The number of hydrazone groups is 1. The van der Waals surface area contributed by atoms with Crippen LogP contribution < -0.4 is 14.9 Å². The molecular weight excluding hydrogens is 346 g/mol. The molecule has 0 aliphatic rings. The van der Waals surface area contributed by atoms with Gasteiger partial charge < -0.3 is 14.6 Å². The molecular formula is C20H19N3O4. The summed E-state index contributed by atoms with van der Waals surface area (Å²) in [6.07, 6.45) is 1.41. The molecule has 27 heavy (non-hydrogen) atoms. The predicted octanol–water partition coefficient (Wildman–Crippen LogP) is 3.70. The Hall–Kier alpha value is -3.61. The molecule has 0 saturated heterocycles. The van der Waals surface area contributed by atoms with Gasteiger partial charge in [0.05, 0.1) is 26.0 Å². The number of nitrogens with one attached hydrogen (secondary N) is 1. The van der Waals surface area contributed by atoms with Gasteiger partial charge in [-0.05, 0) is 36.8 Å². The Morgan fingerprint density at radius 3 is 2.67 bits per heavy atom. The lowest BCUT2D eigenvalue weighted by atomic mass is 10.1. The van der Waals surface area contributed by atoms with Gasteiger partial charge in [-0.3, -0.25) is 5.43 Å². The van der Waals surface area contributed by atoms with Crippen molar-refractivity contribution in [3.63, 3.8) is 0 Å². The lowest BCUT2D eigenvalue weighted by Gasteiger charge is -2.12. The van der Waals surface area contributed by atoms with E-state index >= 15 is 0 Å². The largest absolute Gasteiger partial charge is 0.493 e. The second kappa shape index (κ2) is 7.74. The number of nitrogens with zero attached hydrogens (tertiary/aromatic N) is 2. The van der Waals surface area contributed by atoms with Crippen LogP contribution in [0.2, 0.25) is 0 Å². The third-order valence-electron chi connectivity index (χ3n) is 4.10. The van der Waals surface area contributed by atoms with E-state index in [4.69, 9.17) is 9.47 Å². The molecule has 0 unspecified atom stereocenters. The molecule has 2 N–H and O–H groups in total. The smallest absolute Gasteiger partial charge is 0.340 e. The van der Waals surface area contributed by atoms with Crippen LogP contribution in [0.1, 0.15) is 21.5 Å².